The van der Waals surface area contributed by atoms with Crippen LogP contribution in [-0.2, 0) is 10.0 Å². The summed E-state index contributed by atoms with van der Waals surface area (Å²) in [5, 5.41) is 10.3. The highest BCUT2D eigenvalue weighted by Crippen LogP contribution is 2.51. The van der Waals surface area contributed by atoms with Gasteiger partial charge in [0.2, 0.25) is 10.0 Å². The van der Waals surface area contributed by atoms with Crippen LogP contribution in [0.15, 0.2) is 41.6 Å². The summed E-state index contributed by atoms with van der Waals surface area (Å²) < 4.78 is 69.4. The standard InChI is InChI=1S/C21H20F3N5O2S/c1-12(2)28-32(30,31)13-5-7-17(27-11-13)19-15(10-25)14-4-3-9-26-20(14)29(19)18-8-6-16(18)21(22,23)24/h3-5,7,9,11-12,16,18,28H,6,8H2,1-2H3. The summed E-state index contributed by atoms with van der Waals surface area (Å²) in [5.41, 5.74) is 0.846. The fraction of sp³-hybridized carbons (Fsp3) is 0.381. The van der Waals surface area contributed by atoms with Crippen LogP contribution in [0.25, 0.3) is 22.4 Å². The lowest BCUT2D eigenvalue weighted by atomic mass is 9.78. The molecule has 0 aromatic carbocycles. The van der Waals surface area contributed by atoms with Gasteiger partial charge in [-0.15, -0.1) is 0 Å². The van der Waals surface area contributed by atoms with Crippen molar-refractivity contribution in [2.75, 3.05) is 0 Å². The molecule has 7 nitrogen and oxygen atoms in total. The van der Waals surface area contributed by atoms with Crippen LogP contribution in [0.4, 0.5) is 13.2 Å². The van der Waals surface area contributed by atoms with E-state index in [1.54, 1.807) is 26.0 Å². The molecule has 1 N–H and O–H groups in total. The third-order valence-corrected chi connectivity index (χ3v) is 7.19. The van der Waals surface area contributed by atoms with E-state index in [1.807, 2.05) is 0 Å². The molecule has 2 atom stereocenters. The van der Waals surface area contributed by atoms with Crippen molar-refractivity contribution in [2.24, 2.45) is 5.92 Å². The summed E-state index contributed by atoms with van der Waals surface area (Å²) in [6.45, 7) is 3.36. The molecular weight excluding hydrogens is 443 g/mol. The molecule has 4 rings (SSSR count). The number of pyridine rings is 2. The summed E-state index contributed by atoms with van der Waals surface area (Å²) in [6.07, 6.45) is -1.50. The molecule has 3 heterocycles. The second-order valence-electron chi connectivity index (χ2n) is 8.03. The maximum Gasteiger partial charge on any atom is 0.393 e. The summed E-state index contributed by atoms with van der Waals surface area (Å²) >= 11 is 0. The Bertz CT molecular complexity index is 1310. The number of fused-ring (bicyclic) bond motifs is 1. The van der Waals surface area contributed by atoms with Crippen molar-refractivity contribution >= 4 is 21.1 Å². The first-order chi connectivity index (χ1) is 15.0. The number of rotatable bonds is 5. The Hall–Kier alpha value is -2.97. The molecule has 0 radical (unpaired) electrons. The highest BCUT2D eigenvalue weighted by Gasteiger charge is 2.51. The first-order valence-corrected chi connectivity index (χ1v) is 11.5. The fourth-order valence-electron chi connectivity index (χ4n) is 4.06. The number of nitriles is 1. The summed E-state index contributed by atoms with van der Waals surface area (Å²) in [4.78, 5) is 8.39. The average molecular weight is 463 g/mol. The Balaban J connectivity index is 1.89. The minimum atomic E-state index is -4.38. The highest BCUT2D eigenvalue weighted by molar-refractivity contribution is 7.89. The quantitative estimate of drug-likeness (QED) is 0.612. The van der Waals surface area contributed by atoms with Crippen molar-refractivity contribution in [3.63, 3.8) is 0 Å². The molecule has 3 aromatic rings. The Morgan fingerprint density at radius 2 is 1.97 bits per heavy atom. The molecule has 1 saturated carbocycles. The monoisotopic (exact) mass is 463 g/mol. The molecule has 168 valence electrons. The summed E-state index contributed by atoms with van der Waals surface area (Å²) in [7, 11) is -3.79. The molecule has 0 saturated heterocycles. The van der Waals surface area contributed by atoms with Gasteiger partial charge in [0.25, 0.3) is 0 Å². The van der Waals surface area contributed by atoms with Crippen molar-refractivity contribution in [1.29, 1.82) is 5.26 Å². The van der Waals surface area contributed by atoms with Gasteiger partial charge >= 0.3 is 6.18 Å². The molecular formula is C21H20F3N5O2S. The molecule has 0 bridgehead atoms. The van der Waals surface area contributed by atoms with Crippen LogP contribution in [0, 0.1) is 17.2 Å². The Labute approximate surface area is 183 Å². The zero-order valence-electron chi connectivity index (χ0n) is 17.3. The van der Waals surface area contributed by atoms with E-state index < -0.39 is 28.2 Å². The van der Waals surface area contributed by atoms with E-state index in [1.165, 1.54) is 22.9 Å². The minimum Gasteiger partial charge on any atom is -0.319 e. The molecule has 0 spiro atoms. The van der Waals surface area contributed by atoms with Gasteiger partial charge in [0.1, 0.15) is 16.6 Å². The molecule has 1 aliphatic carbocycles. The highest BCUT2D eigenvalue weighted by atomic mass is 32.2. The van der Waals surface area contributed by atoms with Crippen LogP contribution < -0.4 is 4.72 Å². The van der Waals surface area contributed by atoms with E-state index in [0.717, 1.165) is 6.20 Å². The van der Waals surface area contributed by atoms with Crippen LogP contribution in [0.3, 0.4) is 0 Å². The number of aromatic nitrogens is 3. The third-order valence-electron chi connectivity index (χ3n) is 5.54. The van der Waals surface area contributed by atoms with Gasteiger partial charge in [0.05, 0.1) is 22.9 Å². The van der Waals surface area contributed by atoms with Crippen LogP contribution in [-0.4, -0.2) is 35.2 Å². The van der Waals surface area contributed by atoms with E-state index >= 15 is 0 Å². The zero-order chi connectivity index (χ0) is 23.3. The van der Waals surface area contributed by atoms with E-state index in [-0.39, 0.29) is 46.4 Å². The minimum absolute atomic E-state index is 0.00647. The average Bonchev–Trinajstić information content (AvgIpc) is 2.99. The maximum atomic E-state index is 13.6. The normalized spacial score (nSPS) is 19.2. The van der Waals surface area contributed by atoms with Gasteiger partial charge in [0, 0.05) is 29.9 Å². The number of nitrogens with one attached hydrogen (secondary N) is 1. The van der Waals surface area contributed by atoms with Gasteiger partial charge in [-0.2, -0.15) is 18.4 Å². The summed E-state index contributed by atoms with van der Waals surface area (Å²) in [5.74, 6) is -1.56. The molecule has 11 heteroatoms. The molecule has 1 aliphatic rings. The lowest BCUT2D eigenvalue weighted by Crippen LogP contribution is -2.40. The van der Waals surface area contributed by atoms with Gasteiger partial charge in [-0.05, 0) is 51.0 Å². The van der Waals surface area contributed by atoms with Crippen LogP contribution in [0.2, 0.25) is 0 Å². The number of halogens is 3. The predicted molar refractivity (Wildman–Crippen MR) is 111 cm³/mol. The van der Waals surface area contributed by atoms with Gasteiger partial charge in [-0.1, -0.05) is 0 Å². The molecule has 3 aromatic heterocycles. The van der Waals surface area contributed by atoms with E-state index in [0.29, 0.717) is 5.39 Å². The van der Waals surface area contributed by atoms with E-state index in [4.69, 9.17) is 0 Å². The fourth-order valence-corrected chi connectivity index (χ4v) is 5.25. The van der Waals surface area contributed by atoms with Crippen LogP contribution in [0.5, 0.6) is 0 Å². The van der Waals surface area contributed by atoms with Gasteiger partial charge in [0.15, 0.2) is 0 Å². The lowest BCUT2D eigenvalue weighted by molar-refractivity contribution is -0.208. The first-order valence-electron chi connectivity index (χ1n) is 9.99. The Morgan fingerprint density at radius 3 is 2.50 bits per heavy atom. The third kappa shape index (κ3) is 3.73. The van der Waals surface area contributed by atoms with Crippen molar-refractivity contribution in [3.05, 3.63) is 42.2 Å². The first kappa shape index (κ1) is 22.2. The topological polar surface area (TPSA) is 101 Å². The number of hydrogen-bond donors (Lipinski definition) is 1. The molecule has 2 unspecified atom stereocenters. The lowest BCUT2D eigenvalue weighted by Gasteiger charge is -2.39. The van der Waals surface area contributed by atoms with Gasteiger partial charge in [-0.3, -0.25) is 4.98 Å². The van der Waals surface area contributed by atoms with Crippen LogP contribution in [0.1, 0.15) is 38.3 Å². The zero-order valence-corrected chi connectivity index (χ0v) is 18.1. The van der Waals surface area contributed by atoms with E-state index in [9.17, 15) is 26.9 Å². The maximum absolute atomic E-state index is 13.6. The molecule has 0 aliphatic heterocycles. The van der Waals surface area contributed by atoms with E-state index in [2.05, 4.69) is 20.8 Å². The smallest absolute Gasteiger partial charge is 0.319 e. The summed E-state index contributed by atoms with van der Waals surface area (Å²) in [6, 6.07) is 6.80. The number of hydrogen-bond acceptors (Lipinski definition) is 5. The van der Waals surface area contributed by atoms with Crippen molar-refractivity contribution < 1.29 is 21.6 Å². The predicted octanol–water partition coefficient (Wildman–Crippen LogP) is 4.17. The van der Waals surface area contributed by atoms with Crippen LogP contribution >= 0.6 is 0 Å². The Kier molecular flexibility index (Phi) is 5.46. The second-order valence-corrected chi connectivity index (χ2v) is 9.74. The van der Waals surface area contributed by atoms with Crippen molar-refractivity contribution in [1.82, 2.24) is 19.3 Å². The molecule has 32 heavy (non-hydrogen) atoms. The van der Waals surface area contributed by atoms with Gasteiger partial charge < -0.3 is 4.57 Å². The second kappa shape index (κ2) is 7.86. The van der Waals surface area contributed by atoms with Gasteiger partial charge in [-0.25, -0.2) is 18.1 Å². The number of sulfonamides is 1. The molecule has 1 fully saturated rings. The van der Waals surface area contributed by atoms with Crippen molar-refractivity contribution in [3.8, 4) is 17.5 Å². The largest absolute Gasteiger partial charge is 0.393 e. The number of alkyl halides is 3. The van der Waals surface area contributed by atoms with Crippen molar-refractivity contribution in [2.45, 2.75) is 49.8 Å². The molecule has 0 amide bonds. The number of nitrogens with zero attached hydrogens (tertiary/aromatic N) is 4. The SMILES string of the molecule is CC(C)NS(=O)(=O)c1ccc(-c2c(C#N)c3cccnc3n2C2CCC2C(F)(F)F)nc1. The Morgan fingerprint density at radius 1 is 1.22 bits per heavy atom.